The van der Waals surface area contributed by atoms with E-state index in [1.54, 1.807) is 29.2 Å². The topological polar surface area (TPSA) is 58.6 Å². The minimum absolute atomic E-state index is 0.182. The molecule has 0 spiro atoms. The first-order valence-corrected chi connectivity index (χ1v) is 11.9. The fourth-order valence-electron chi connectivity index (χ4n) is 3.61. The summed E-state index contributed by atoms with van der Waals surface area (Å²) >= 11 is 12.3. The molecule has 0 unspecified atom stereocenters. The number of ether oxygens (including phenoxy) is 1. The van der Waals surface area contributed by atoms with Crippen molar-refractivity contribution >= 4 is 35.0 Å². The largest absolute Gasteiger partial charge is 0.484 e. The molecule has 1 N–H and O–H groups in total. The first kappa shape index (κ1) is 25.6. The van der Waals surface area contributed by atoms with Gasteiger partial charge in [-0.05, 0) is 54.8 Å². The van der Waals surface area contributed by atoms with Gasteiger partial charge in [-0.1, -0.05) is 71.7 Å². The maximum Gasteiger partial charge on any atom is 0.261 e. The minimum atomic E-state index is -0.731. The average Bonchev–Trinajstić information content (AvgIpc) is 2.83. The van der Waals surface area contributed by atoms with Crippen LogP contribution < -0.4 is 10.1 Å². The summed E-state index contributed by atoms with van der Waals surface area (Å²) in [6.07, 6.45) is 0.365. The van der Waals surface area contributed by atoms with E-state index >= 15 is 0 Å². The highest BCUT2D eigenvalue weighted by Crippen LogP contribution is 2.24. The third kappa shape index (κ3) is 7.24. The monoisotopic (exact) mass is 498 g/mol. The molecule has 2 amide bonds. The van der Waals surface area contributed by atoms with Crippen molar-refractivity contribution < 1.29 is 14.3 Å². The molecule has 3 aromatic carbocycles. The summed E-state index contributed by atoms with van der Waals surface area (Å²) in [5.41, 5.74) is 2.74. The zero-order valence-corrected chi connectivity index (χ0v) is 20.8. The molecule has 178 valence electrons. The van der Waals surface area contributed by atoms with E-state index in [1.807, 2.05) is 62.4 Å². The van der Waals surface area contributed by atoms with E-state index in [0.29, 0.717) is 28.8 Å². The molecule has 0 bridgehead atoms. The lowest BCUT2D eigenvalue weighted by Gasteiger charge is -2.31. The number of halogens is 2. The summed E-state index contributed by atoms with van der Waals surface area (Å²) in [5, 5.41) is 3.68. The SMILES string of the molecule is CCNC(=O)[C@H](Cc1ccccc1)N(Cc1ccc(Cl)c(Cl)c1)C(=O)COc1cccc(C)c1. The Morgan fingerprint density at radius 1 is 0.941 bits per heavy atom. The van der Waals surface area contributed by atoms with Crippen LogP contribution in [0.1, 0.15) is 23.6 Å². The van der Waals surface area contributed by atoms with Crippen molar-refractivity contribution in [1.29, 1.82) is 0 Å². The lowest BCUT2D eigenvalue weighted by molar-refractivity contribution is -0.142. The van der Waals surface area contributed by atoms with Gasteiger partial charge in [0.25, 0.3) is 5.91 Å². The van der Waals surface area contributed by atoms with E-state index in [-0.39, 0.29) is 25.0 Å². The Hall–Kier alpha value is -3.02. The second kappa shape index (κ2) is 12.4. The van der Waals surface area contributed by atoms with Gasteiger partial charge in [-0.2, -0.15) is 0 Å². The molecule has 3 rings (SSSR count). The van der Waals surface area contributed by atoms with E-state index in [2.05, 4.69) is 5.32 Å². The number of carbonyl (C=O) groups excluding carboxylic acids is 2. The van der Waals surface area contributed by atoms with Crippen molar-refractivity contribution in [2.24, 2.45) is 0 Å². The summed E-state index contributed by atoms with van der Waals surface area (Å²) < 4.78 is 5.78. The van der Waals surface area contributed by atoms with Crippen molar-refractivity contribution in [1.82, 2.24) is 10.2 Å². The standard InChI is InChI=1S/C27H28Cl2N2O3/c1-3-30-27(33)25(16-20-9-5-4-6-10-20)31(17-21-12-13-23(28)24(29)15-21)26(32)18-34-22-11-7-8-19(2)14-22/h4-15,25H,3,16-18H2,1-2H3,(H,30,33)/t25-/m0/s1. The van der Waals surface area contributed by atoms with Gasteiger partial charge >= 0.3 is 0 Å². The number of likely N-dealkylation sites (N-methyl/N-ethyl adjacent to an activating group) is 1. The molecule has 34 heavy (non-hydrogen) atoms. The second-order valence-electron chi connectivity index (χ2n) is 7.98. The minimum Gasteiger partial charge on any atom is -0.484 e. The lowest BCUT2D eigenvalue weighted by Crippen LogP contribution is -2.51. The van der Waals surface area contributed by atoms with Crippen LogP contribution in [0.2, 0.25) is 10.0 Å². The van der Waals surface area contributed by atoms with Crippen molar-refractivity contribution in [2.45, 2.75) is 32.9 Å². The van der Waals surface area contributed by atoms with Gasteiger partial charge in [0.05, 0.1) is 10.0 Å². The van der Waals surface area contributed by atoms with Crippen LogP contribution in [0.25, 0.3) is 0 Å². The molecule has 1 atom stereocenters. The van der Waals surface area contributed by atoms with E-state index in [1.165, 1.54) is 0 Å². The summed E-state index contributed by atoms with van der Waals surface area (Å²) in [4.78, 5) is 28.1. The molecule has 0 aliphatic carbocycles. The van der Waals surface area contributed by atoms with Crippen molar-refractivity contribution in [2.75, 3.05) is 13.2 Å². The van der Waals surface area contributed by atoms with Crippen LogP contribution >= 0.6 is 23.2 Å². The Morgan fingerprint density at radius 3 is 2.38 bits per heavy atom. The molecule has 7 heteroatoms. The smallest absolute Gasteiger partial charge is 0.261 e. The highest BCUT2D eigenvalue weighted by atomic mass is 35.5. The summed E-state index contributed by atoms with van der Waals surface area (Å²) in [5.74, 6) is 0.0653. The predicted octanol–water partition coefficient (Wildman–Crippen LogP) is 5.46. The Kier molecular flexibility index (Phi) is 9.37. The Balaban J connectivity index is 1.91. The van der Waals surface area contributed by atoms with Gasteiger partial charge in [-0.25, -0.2) is 0 Å². The van der Waals surface area contributed by atoms with Crippen LogP contribution in [0, 0.1) is 6.92 Å². The zero-order valence-electron chi connectivity index (χ0n) is 19.3. The fourth-order valence-corrected chi connectivity index (χ4v) is 3.93. The normalized spacial score (nSPS) is 11.5. The van der Waals surface area contributed by atoms with Gasteiger partial charge in [0.1, 0.15) is 11.8 Å². The molecule has 0 aliphatic rings. The van der Waals surface area contributed by atoms with E-state index in [9.17, 15) is 9.59 Å². The zero-order chi connectivity index (χ0) is 24.5. The highest BCUT2D eigenvalue weighted by Gasteiger charge is 2.30. The fraction of sp³-hybridized carbons (Fsp3) is 0.259. The molecule has 5 nitrogen and oxygen atoms in total. The molecule has 0 saturated heterocycles. The maximum atomic E-state index is 13.5. The molecule has 0 fully saturated rings. The van der Waals surface area contributed by atoms with Crippen molar-refractivity contribution in [3.63, 3.8) is 0 Å². The maximum absolute atomic E-state index is 13.5. The lowest BCUT2D eigenvalue weighted by atomic mass is 10.0. The number of amides is 2. The van der Waals surface area contributed by atoms with E-state index in [0.717, 1.165) is 16.7 Å². The Morgan fingerprint density at radius 2 is 1.71 bits per heavy atom. The molecule has 3 aromatic rings. The Labute approximate surface area is 210 Å². The van der Waals surface area contributed by atoms with Gasteiger partial charge in [-0.15, -0.1) is 0 Å². The van der Waals surface area contributed by atoms with Gasteiger partial charge in [0.2, 0.25) is 5.91 Å². The quantitative estimate of drug-likeness (QED) is 0.403. The number of benzene rings is 3. The third-order valence-corrected chi connectivity index (χ3v) is 6.05. The summed E-state index contributed by atoms with van der Waals surface area (Å²) in [6, 6.07) is 21.6. The van der Waals surface area contributed by atoms with Gasteiger partial charge in [0.15, 0.2) is 6.61 Å². The average molecular weight is 499 g/mol. The number of nitrogens with zero attached hydrogens (tertiary/aromatic N) is 1. The number of hydrogen-bond donors (Lipinski definition) is 1. The van der Waals surface area contributed by atoms with Crippen LogP contribution in [0.5, 0.6) is 5.75 Å². The number of rotatable bonds is 10. The van der Waals surface area contributed by atoms with E-state index < -0.39 is 6.04 Å². The highest BCUT2D eigenvalue weighted by molar-refractivity contribution is 6.42. The van der Waals surface area contributed by atoms with Crippen LogP contribution in [0.4, 0.5) is 0 Å². The number of carbonyl (C=O) groups is 2. The number of hydrogen-bond acceptors (Lipinski definition) is 3. The molecular formula is C27H28Cl2N2O3. The first-order valence-electron chi connectivity index (χ1n) is 11.1. The van der Waals surface area contributed by atoms with Crippen LogP contribution in [-0.2, 0) is 22.6 Å². The molecule has 0 saturated carbocycles. The first-order chi connectivity index (χ1) is 16.4. The molecule has 0 aromatic heterocycles. The van der Waals surface area contributed by atoms with Gasteiger partial charge < -0.3 is 15.0 Å². The molecule has 0 heterocycles. The Bertz CT molecular complexity index is 1120. The molecule has 0 radical (unpaired) electrons. The van der Waals surface area contributed by atoms with Crippen LogP contribution in [0.15, 0.2) is 72.8 Å². The van der Waals surface area contributed by atoms with Crippen molar-refractivity contribution in [3.8, 4) is 5.75 Å². The van der Waals surface area contributed by atoms with Crippen molar-refractivity contribution in [3.05, 3.63) is 99.5 Å². The summed E-state index contributed by atoms with van der Waals surface area (Å²) in [7, 11) is 0. The molecule has 0 aliphatic heterocycles. The van der Waals surface area contributed by atoms with Crippen LogP contribution in [0.3, 0.4) is 0 Å². The second-order valence-corrected chi connectivity index (χ2v) is 8.79. The third-order valence-electron chi connectivity index (χ3n) is 5.31. The van der Waals surface area contributed by atoms with E-state index in [4.69, 9.17) is 27.9 Å². The van der Waals surface area contributed by atoms with Gasteiger partial charge in [-0.3, -0.25) is 9.59 Å². The summed E-state index contributed by atoms with van der Waals surface area (Å²) in [6.45, 7) is 4.25. The number of nitrogens with one attached hydrogen (secondary N) is 1. The number of aryl methyl sites for hydroxylation is 1. The molecular weight excluding hydrogens is 471 g/mol. The van der Waals surface area contributed by atoms with Crippen LogP contribution in [-0.4, -0.2) is 35.9 Å². The predicted molar refractivity (Wildman–Crippen MR) is 136 cm³/mol. The van der Waals surface area contributed by atoms with Gasteiger partial charge in [0, 0.05) is 19.5 Å².